The number of fused-ring (bicyclic) bond motifs is 1. The van der Waals surface area contributed by atoms with Crippen molar-refractivity contribution in [2.45, 2.75) is 20.3 Å². The Bertz CT molecular complexity index is 930. The first kappa shape index (κ1) is 17.0. The van der Waals surface area contributed by atoms with Crippen molar-refractivity contribution in [3.63, 3.8) is 0 Å². The van der Waals surface area contributed by atoms with Gasteiger partial charge in [-0.05, 0) is 38.0 Å². The molecule has 0 bridgehead atoms. The lowest BCUT2D eigenvalue weighted by molar-refractivity contribution is 0.0927. The summed E-state index contributed by atoms with van der Waals surface area (Å²) in [7, 11) is 1.62. The number of halogens is 1. The molecule has 0 unspecified atom stereocenters. The third-order valence-corrected chi connectivity index (χ3v) is 4.24. The van der Waals surface area contributed by atoms with E-state index in [0.717, 1.165) is 16.9 Å². The smallest absolute Gasteiger partial charge is 0.287 e. The quantitative estimate of drug-likeness (QED) is 0.758. The number of nitrogens with one attached hydrogen (secondary N) is 1. The highest BCUT2D eigenvalue weighted by molar-refractivity contribution is 5.99. The number of benzene rings is 2. The van der Waals surface area contributed by atoms with Crippen LogP contribution in [-0.2, 0) is 6.42 Å². The summed E-state index contributed by atoms with van der Waals surface area (Å²) in [6, 6.07) is 10.6. The second kappa shape index (κ2) is 6.97. The molecule has 3 aromatic rings. The number of hydrogen-bond acceptors (Lipinski definition) is 3. The van der Waals surface area contributed by atoms with E-state index in [2.05, 4.69) is 5.32 Å². The van der Waals surface area contributed by atoms with Gasteiger partial charge in [-0.3, -0.25) is 4.79 Å². The van der Waals surface area contributed by atoms with E-state index in [1.54, 1.807) is 26.2 Å². The normalized spacial score (nSPS) is 10.9. The molecule has 0 saturated carbocycles. The Labute approximate surface area is 145 Å². The van der Waals surface area contributed by atoms with E-state index in [0.29, 0.717) is 23.9 Å². The van der Waals surface area contributed by atoms with Crippen LogP contribution in [0.5, 0.6) is 5.75 Å². The lowest BCUT2D eigenvalue weighted by atomic mass is 10.1. The Morgan fingerprint density at radius 3 is 2.76 bits per heavy atom. The molecule has 4 nitrogen and oxygen atoms in total. The predicted octanol–water partition coefficient (Wildman–Crippen LogP) is 4.17. The topological polar surface area (TPSA) is 51.5 Å². The lowest BCUT2D eigenvalue weighted by Gasteiger charge is -2.10. The van der Waals surface area contributed by atoms with Crippen LogP contribution in [0.2, 0.25) is 0 Å². The number of furan rings is 1. The van der Waals surface area contributed by atoms with E-state index in [1.165, 1.54) is 6.07 Å². The van der Waals surface area contributed by atoms with Gasteiger partial charge in [0, 0.05) is 17.5 Å². The summed E-state index contributed by atoms with van der Waals surface area (Å²) < 4.78 is 24.6. The molecule has 0 fully saturated rings. The molecule has 0 aliphatic heterocycles. The van der Waals surface area contributed by atoms with Crippen LogP contribution < -0.4 is 10.1 Å². The number of amides is 1. The van der Waals surface area contributed by atoms with Gasteiger partial charge in [-0.2, -0.15) is 0 Å². The molecule has 0 aliphatic rings. The van der Waals surface area contributed by atoms with Gasteiger partial charge >= 0.3 is 0 Å². The predicted molar refractivity (Wildman–Crippen MR) is 94.7 cm³/mol. The third-order valence-electron chi connectivity index (χ3n) is 4.24. The molecular weight excluding hydrogens is 321 g/mol. The second-order valence-corrected chi connectivity index (χ2v) is 5.99. The molecule has 1 amide bonds. The Kier molecular flexibility index (Phi) is 4.74. The number of hydrogen-bond donors (Lipinski definition) is 1. The molecule has 5 heteroatoms. The molecule has 0 radical (unpaired) electrons. The van der Waals surface area contributed by atoms with E-state index in [4.69, 9.17) is 9.15 Å². The van der Waals surface area contributed by atoms with Gasteiger partial charge in [0.15, 0.2) is 17.2 Å². The maximum absolute atomic E-state index is 13.8. The van der Waals surface area contributed by atoms with E-state index >= 15 is 0 Å². The van der Waals surface area contributed by atoms with Gasteiger partial charge in [-0.1, -0.05) is 29.8 Å². The highest BCUT2D eigenvalue weighted by Crippen LogP contribution is 2.27. The number of carbonyl (C=O) groups excluding carboxylic acids is 1. The van der Waals surface area contributed by atoms with Crippen LogP contribution in [0.3, 0.4) is 0 Å². The van der Waals surface area contributed by atoms with Crippen molar-refractivity contribution in [2.24, 2.45) is 0 Å². The summed E-state index contributed by atoms with van der Waals surface area (Å²) >= 11 is 0. The standard InChI is InChI=1S/C20H20FNO3/c1-12-7-8-17(24-3)14(11-12)9-10-22-20(23)18-13(2)15-5-4-6-16(21)19(15)25-18/h4-8,11H,9-10H2,1-3H3,(H,22,23). The van der Waals surface area contributed by atoms with E-state index in [1.807, 2.05) is 25.1 Å². The van der Waals surface area contributed by atoms with Crippen LogP contribution in [0.1, 0.15) is 27.2 Å². The zero-order valence-electron chi connectivity index (χ0n) is 14.5. The van der Waals surface area contributed by atoms with Crippen LogP contribution in [0.4, 0.5) is 4.39 Å². The molecule has 3 rings (SSSR count). The van der Waals surface area contributed by atoms with Gasteiger partial charge in [0.05, 0.1) is 7.11 Å². The molecule has 0 atom stereocenters. The van der Waals surface area contributed by atoms with Crippen molar-refractivity contribution < 1.29 is 18.3 Å². The number of carbonyl (C=O) groups is 1. The fraction of sp³-hybridized carbons (Fsp3) is 0.250. The average Bonchev–Trinajstić information content (AvgIpc) is 2.94. The highest BCUT2D eigenvalue weighted by Gasteiger charge is 2.19. The minimum atomic E-state index is -0.468. The highest BCUT2D eigenvalue weighted by atomic mass is 19.1. The molecule has 1 aromatic heterocycles. The average molecular weight is 341 g/mol. The van der Waals surface area contributed by atoms with Crippen molar-refractivity contribution >= 4 is 16.9 Å². The van der Waals surface area contributed by atoms with Crippen molar-refractivity contribution in [3.8, 4) is 5.75 Å². The second-order valence-electron chi connectivity index (χ2n) is 5.99. The van der Waals surface area contributed by atoms with E-state index in [-0.39, 0.29) is 17.3 Å². The molecule has 0 spiro atoms. The van der Waals surface area contributed by atoms with Crippen molar-refractivity contribution in [1.82, 2.24) is 5.32 Å². The van der Waals surface area contributed by atoms with Crippen molar-refractivity contribution in [2.75, 3.05) is 13.7 Å². The zero-order valence-corrected chi connectivity index (χ0v) is 14.5. The zero-order chi connectivity index (χ0) is 18.0. The minimum absolute atomic E-state index is 0.116. The summed E-state index contributed by atoms with van der Waals surface area (Å²) in [4.78, 5) is 12.4. The maximum atomic E-state index is 13.8. The van der Waals surface area contributed by atoms with Crippen LogP contribution in [-0.4, -0.2) is 19.6 Å². The molecule has 0 saturated heterocycles. The van der Waals surface area contributed by atoms with E-state index < -0.39 is 5.82 Å². The fourth-order valence-corrected chi connectivity index (χ4v) is 2.92. The molecular formula is C20H20FNO3. The number of aryl methyl sites for hydroxylation is 2. The Morgan fingerprint density at radius 1 is 1.24 bits per heavy atom. The minimum Gasteiger partial charge on any atom is -0.496 e. The van der Waals surface area contributed by atoms with Gasteiger partial charge in [0.1, 0.15) is 5.75 Å². The molecule has 25 heavy (non-hydrogen) atoms. The third kappa shape index (κ3) is 3.36. The van der Waals surface area contributed by atoms with Gasteiger partial charge in [0.2, 0.25) is 0 Å². The van der Waals surface area contributed by atoms with Crippen molar-refractivity contribution in [3.05, 3.63) is 64.7 Å². The van der Waals surface area contributed by atoms with Crippen LogP contribution in [0, 0.1) is 19.7 Å². The van der Waals surface area contributed by atoms with Crippen LogP contribution in [0.15, 0.2) is 40.8 Å². The molecule has 0 aliphatic carbocycles. The number of rotatable bonds is 5. The first-order chi connectivity index (χ1) is 12.0. The van der Waals surface area contributed by atoms with E-state index in [9.17, 15) is 9.18 Å². The first-order valence-electron chi connectivity index (χ1n) is 8.10. The Balaban J connectivity index is 1.73. The molecule has 130 valence electrons. The summed E-state index contributed by atoms with van der Waals surface area (Å²) in [5.41, 5.74) is 2.91. The van der Waals surface area contributed by atoms with Crippen molar-refractivity contribution in [1.29, 1.82) is 0 Å². The summed E-state index contributed by atoms with van der Waals surface area (Å²) in [6.45, 7) is 4.19. The Hall–Kier alpha value is -2.82. The number of para-hydroxylation sites is 1. The monoisotopic (exact) mass is 341 g/mol. The summed E-state index contributed by atoms with van der Waals surface area (Å²) in [5, 5.41) is 3.44. The lowest BCUT2D eigenvalue weighted by Crippen LogP contribution is -2.26. The molecule has 1 heterocycles. The maximum Gasteiger partial charge on any atom is 0.287 e. The number of methoxy groups -OCH3 is 1. The SMILES string of the molecule is COc1ccc(C)cc1CCNC(=O)c1oc2c(F)cccc2c1C. The molecule has 2 aromatic carbocycles. The number of ether oxygens (including phenoxy) is 1. The van der Waals surface area contributed by atoms with Crippen LogP contribution >= 0.6 is 0 Å². The first-order valence-corrected chi connectivity index (χ1v) is 8.10. The summed E-state index contributed by atoms with van der Waals surface area (Å²) in [6.07, 6.45) is 0.629. The van der Waals surface area contributed by atoms with Gasteiger partial charge in [-0.15, -0.1) is 0 Å². The van der Waals surface area contributed by atoms with Gasteiger partial charge in [0.25, 0.3) is 5.91 Å². The summed E-state index contributed by atoms with van der Waals surface area (Å²) in [5.74, 6) is 0.127. The largest absolute Gasteiger partial charge is 0.496 e. The molecule has 1 N–H and O–H groups in total. The van der Waals surface area contributed by atoms with Gasteiger partial charge in [-0.25, -0.2) is 4.39 Å². The van der Waals surface area contributed by atoms with Gasteiger partial charge < -0.3 is 14.5 Å². The Morgan fingerprint density at radius 2 is 2.04 bits per heavy atom. The fourth-order valence-electron chi connectivity index (χ4n) is 2.92. The van der Waals surface area contributed by atoms with Crippen LogP contribution in [0.25, 0.3) is 11.0 Å².